The van der Waals surface area contributed by atoms with E-state index in [1.165, 1.54) is 5.56 Å². The highest BCUT2D eigenvalue weighted by molar-refractivity contribution is 14.1. The number of carbonyl (C=O) groups is 1. The van der Waals surface area contributed by atoms with E-state index in [1.54, 1.807) is 0 Å². The predicted octanol–water partition coefficient (Wildman–Crippen LogP) is 3.49. The monoisotopic (exact) mass is 374 g/mol. The molecular formula is C15H19IO3. The Kier molecular flexibility index (Phi) is 6.10. The Hall–Kier alpha value is -0.620. The standard InChI is InChI=1S/C15H19IO3/c16-13(14-8-4-5-9-15(17)19-14)11-18-10-12-6-2-1-3-7-12/h1-3,6-7,13-14H,4-5,8-11H2/t13?,14-/m0/s1. The summed E-state index contributed by atoms with van der Waals surface area (Å²) in [5.41, 5.74) is 1.17. The van der Waals surface area contributed by atoms with Crippen LogP contribution in [0.5, 0.6) is 0 Å². The number of hydrogen-bond acceptors (Lipinski definition) is 3. The van der Waals surface area contributed by atoms with Crippen molar-refractivity contribution < 1.29 is 14.3 Å². The van der Waals surface area contributed by atoms with Gasteiger partial charge < -0.3 is 9.47 Å². The third-order valence-electron chi connectivity index (χ3n) is 3.19. The molecule has 1 unspecified atom stereocenters. The molecule has 1 heterocycles. The molecular weight excluding hydrogens is 355 g/mol. The lowest BCUT2D eigenvalue weighted by molar-refractivity contribution is -0.148. The lowest BCUT2D eigenvalue weighted by Crippen LogP contribution is -2.29. The maximum absolute atomic E-state index is 11.4. The Labute approximate surface area is 127 Å². The van der Waals surface area contributed by atoms with Crippen molar-refractivity contribution in [3.05, 3.63) is 35.9 Å². The molecule has 1 saturated heterocycles. The van der Waals surface area contributed by atoms with Crippen molar-refractivity contribution in [1.82, 2.24) is 0 Å². The van der Waals surface area contributed by atoms with E-state index >= 15 is 0 Å². The van der Waals surface area contributed by atoms with Crippen LogP contribution in [0.1, 0.15) is 31.2 Å². The van der Waals surface area contributed by atoms with E-state index in [-0.39, 0.29) is 16.0 Å². The molecule has 0 aromatic heterocycles. The van der Waals surface area contributed by atoms with Crippen molar-refractivity contribution in [3.63, 3.8) is 0 Å². The summed E-state index contributed by atoms with van der Waals surface area (Å²) in [6.45, 7) is 1.23. The lowest BCUT2D eigenvalue weighted by Gasteiger charge is -2.21. The van der Waals surface area contributed by atoms with Crippen molar-refractivity contribution in [2.75, 3.05) is 6.61 Å². The number of ether oxygens (including phenoxy) is 2. The number of benzene rings is 1. The van der Waals surface area contributed by atoms with Crippen molar-refractivity contribution in [2.45, 2.75) is 42.3 Å². The van der Waals surface area contributed by atoms with Gasteiger partial charge in [0.1, 0.15) is 6.10 Å². The van der Waals surface area contributed by atoms with E-state index in [9.17, 15) is 4.79 Å². The van der Waals surface area contributed by atoms with Crippen LogP contribution in [-0.2, 0) is 20.9 Å². The van der Waals surface area contributed by atoms with Gasteiger partial charge in [0.15, 0.2) is 0 Å². The van der Waals surface area contributed by atoms with E-state index < -0.39 is 0 Å². The number of carbonyl (C=O) groups excluding carboxylic acids is 1. The van der Waals surface area contributed by atoms with Gasteiger partial charge in [-0.3, -0.25) is 4.79 Å². The van der Waals surface area contributed by atoms with E-state index in [1.807, 2.05) is 30.3 Å². The van der Waals surface area contributed by atoms with Crippen LogP contribution in [0.3, 0.4) is 0 Å². The molecule has 104 valence electrons. The summed E-state index contributed by atoms with van der Waals surface area (Å²) >= 11 is 2.33. The molecule has 0 aliphatic carbocycles. The average Bonchev–Trinajstić information content (AvgIpc) is 2.64. The molecule has 19 heavy (non-hydrogen) atoms. The van der Waals surface area contributed by atoms with Gasteiger partial charge in [0.2, 0.25) is 0 Å². The molecule has 1 aromatic carbocycles. The fourth-order valence-corrected chi connectivity index (χ4v) is 2.89. The summed E-state index contributed by atoms with van der Waals surface area (Å²) in [5, 5.41) is 0. The van der Waals surface area contributed by atoms with E-state index in [0.717, 1.165) is 19.3 Å². The second-order valence-corrected chi connectivity index (χ2v) is 6.39. The number of rotatable bonds is 5. The minimum Gasteiger partial charge on any atom is -0.461 e. The first-order chi connectivity index (χ1) is 9.25. The smallest absolute Gasteiger partial charge is 0.306 e. The highest BCUT2D eigenvalue weighted by Crippen LogP contribution is 2.22. The van der Waals surface area contributed by atoms with Crippen LogP contribution >= 0.6 is 22.6 Å². The number of esters is 1. The SMILES string of the molecule is O=C1CCCC[C@@H](C(I)COCc2ccccc2)O1. The van der Waals surface area contributed by atoms with Crippen molar-refractivity contribution in [2.24, 2.45) is 0 Å². The van der Waals surface area contributed by atoms with Crippen LogP contribution in [0.15, 0.2) is 30.3 Å². The number of alkyl halides is 1. The molecule has 1 aliphatic heterocycles. The lowest BCUT2D eigenvalue weighted by atomic mass is 10.1. The number of cyclic esters (lactones) is 1. The summed E-state index contributed by atoms with van der Waals surface area (Å²) in [4.78, 5) is 11.4. The maximum Gasteiger partial charge on any atom is 0.306 e. The fourth-order valence-electron chi connectivity index (χ4n) is 2.13. The van der Waals surface area contributed by atoms with Gasteiger partial charge in [-0.1, -0.05) is 52.9 Å². The van der Waals surface area contributed by atoms with Gasteiger partial charge in [0.25, 0.3) is 0 Å². The summed E-state index contributed by atoms with van der Waals surface area (Å²) in [5.74, 6) is -0.0628. The van der Waals surface area contributed by atoms with E-state index in [0.29, 0.717) is 19.6 Å². The van der Waals surface area contributed by atoms with Crippen LogP contribution in [0, 0.1) is 0 Å². The zero-order valence-electron chi connectivity index (χ0n) is 10.9. The third-order valence-corrected chi connectivity index (χ3v) is 4.36. The summed E-state index contributed by atoms with van der Waals surface area (Å²) in [6.07, 6.45) is 3.53. The van der Waals surface area contributed by atoms with Crippen LogP contribution in [0.25, 0.3) is 0 Å². The minimum atomic E-state index is -0.0628. The van der Waals surface area contributed by atoms with Gasteiger partial charge in [0, 0.05) is 6.42 Å². The molecule has 0 spiro atoms. The van der Waals surface area contributed by atoms with E-state index in [2.05, 4.69) is 22.6 Å². The van der Waals surface area contributed by atoms with Crippen LogP contribution in [0.4, 0.5) is 0 Å². The van der Waals surface area contributed by atoms with Gasteiger partial charge in [-0.25, -0.2) is 0 Å². The largest absolute Gasteiger partial charge is 0.461 e. The van der Waals surface area contributed by atoms with Crippen molar-refractivity contribution in [3.8, 4) is 0 Å². The first-order valence-corrected chi connectivity index (χ1v) is 7.95. The molecule has 1 aliphatic rings. The van der Waals surface area contributed by atoms with Gasteiger partial charge in [-0.2, -0.15) is 0 Å². The molecule has 3 nitrogen and oxygen atoms in total. The Morgan fingerprint density at radius 3 is 2.89 bits per heavy atom. The van der Waals surface area contributed by atoms with Crippen LogP contribution in [0.2, 0.25) is 0 Å². The highest BCUT2D eigenvalue weighted by atomic mass is 127. The second-order valence-electron chi connectivity index (χ2n) is 4.79. The topological polar surface area (TPSA) is 35.5 Å². The van der Waals surface area contributed by atoms with Gasteiger partial charge in [-0.05, 0) is 24.8 Å². The Bertz CT molecular complexity index is 394. The highest BCUT2D eigenvalue weighted by Gasteiger charge is 2.25. The number of hydrogen-bond donors (Lipinski definition) is 0. The molecule has 0 N–H and O–H groups in total. The molecule has 0 bridgehead atoms. The molecule has 2 atom stereocenters. The Morgan fingerprint density at radius 1 is 1.32 bits per heavy atom. The zero-order valence-corrected chi connectivity index (χ0v) is 13.0. The predicted molar refractivity (Wildman–Crippen MR) is 82.3 cm³/mol. The minimum absolute atomic E-state index is 0.00590. The summed E-state index contributed by atoms with van der Waals surface area (Å²) < 4.78 is 11.4. The molecule has 0 amide bonds. The van der Waals surface area contributed by atoms with Crippen molar-refractivity contribution >= 4 is 28.6 Å². The molecule has 0 radical (unpaired) electrons. The molecule has 1 fully saturated rings. The van der Waals surface area contributed by atoms with Gasteiger partial charge in [0.05, 0.1) is 17.1 Å². The Balaban J connectivity index is 1.74. The molecule has 1 aromatic rings. The second kappa shape index (κ2) is 7.85. The summed E-state index contributed by atoms with van der Waals surface area (Å²) in [7, 11) is 0. The van der Waals surface area contributed by atoms with Crippen LogP contribution in [-0.4, -0.2) is 22.6 Å². The first kappa shape index (κ1) is 14.8. The molecule has 4 heteroatoms. The van der Waals surface area contributed by atoms with Crippen molar-refractivity contribution in [1.29, 1.82) is 0 Å². The first-order valence-electron chi connectivity index (χ1n) is 6.71. The van der Waals surface area contributed by atoms with E-state index in [4.69, 9.17) is 9.47 Å². The summed E-state index contributed by atoms with van der Waals surface area (Å²) in [6, 6.07) is 10.1. The maximum atomic E-state index is 11.4. The van der Waals surface area contributed by atoms with Crippen LogP contribution < -0.4 is 0 Å². The quantitative estimate of drug-likeness (QED) is 0.450. The van der Waals surface area contributed by atoms with Gasteiger partial charge in [-0.15, -0.1) is 0 Å². The molecule has 0 saturated carbocycles. The zero-order chi connectivity index (χ0) is 13.5. The van der Waals surface area contributed by atoms with Gasteiger partial charge >= 0.3 is 5.97 Å². The molecule has 2 rings (SSSR count). The fraction of sp³-hybridized carbons (Fsp3) is 0.533. The third kappa shape index (κ3) is 5.10. The number of halogens is 1. The average molecular weight is 374 g/mol. The normalized spacial score (nSPS) is 21.5. The Morgan fingerprint density at radius 2 is 2.11 bits per heavy atom.